The highest BCUT2D eigenvalue weighted by atomic mass is 16.5. The Morgan fingerprint density at radius 3 is 2.31 bits per heavy atom. The van der Waals surface area contributed by atoms with Gasteiger partial charge in [0, 0.05) is 7.11 Å². The van der Waals surface area contributed by atoms with Gasteiger partial charge in [-0.2, -0.15) is 0 Å². The lowest BCUT2D eigenvalue weighted by Gasteiger charge is -2.29. The fourth-order valence-corrected chi connectivity index (χ4v) is 0.904. The molecule has 78 valence electrons. The number of ether oxygens (including phenoxy) is 1. The molecule has 5 nitrogen and oxygen atoms in total. The minimum atomic E-state index is -0.921. The van der Waals surface area contributed by atoms with Crippen LogP contribution in [0.1, 0.15) is 13.3 Å². The highest BCUT2D eigenvalue weighted by molar-refractivity contribution is 5.78. The van der Waals surface area contributed by atoms with E-state index in [0.717, 1.165) is 0 Å². The summed E-state index contributed by atoms with van der Waals surface area (Å²) in [5, 5.41) is 20.5. The maximum absolute atomic E-state index is 11.1. The second-order valence-corrected chi connectivity index (χ2v) is 2.93. The second kappa shape index (κ2) is 5.90. The Kier molecular flexibility index (Phi) is 5.61. The number of amides is 1. The molecule has 0 heterocycles. The van der Waals surface area contributed by atoms with Crippen molar-refractivity contribution in [3.05, 3.63) is 0 Å². The van der Waals surface area contributed by atoms with E-state index < -0.39 is 5.54 Å². The molecule has 0 rings (SSSR count). The van der Waals surface area contributed by atoms with Gasteiger partial charge in [0.2, 0.25) is 5.91 Å². The Morgan fingerprint density at radius 2 is 2.00 bits per heavy atom. The lowest BCUT2D eigenvalue weighted by atomic mass is 9.98. The first-order chi connectivity index (χ1) is 6.14. The molecule has 0 aromatic rings. The van der Waals surface area contributed by atoms with Crippen molar-refractivity contribution in [2.45, 2.75) is 18.9 Å². The normalized spacial score (nSPS) is 11.4. The van der Waals surface area contributed by atoms with Gasteiger partial charge in [0.15, 0.2) is 0 Å². The van der Waals surface area contributed by atoms with Crippen molar-refractivity contribution < 1.29 is 19.7 Å². The van der Waals surface area contributed by atoms with Crippen molar-refractivity contribution >= 4 is 5.91 Å². The zero-order chi connectivity index (χ0) is 10.3. The summed E-state index contributed by atoms with van der Waals surface area (Å²) in [6, 6.07) is 0. The van der Waals surface area contributed by atoms with Gasteiger partial charge in [-0.1, -0.05) is 6.92 Å². The van der Waals surface area contributed by atoms with Crippen molar-refractivity contribution in [3.8, 4) is 0 Å². The van der Waals surface area contributed by atoms with E-state index in [9.17, 15) is 4.79 Å². The van der Waals surface area contributed by atoms with Gasteiger partial charge in [0.25, 0.3) is 0 Å². The number of hydrogen-bond acceptors (Lipinski definition) is 4. The van der Waals surface area contributed by atoms with Crippen LogP contribution in [-0.2, 0) is 9.53 Å². The van der Waals surface area contributed by atoms with Crippen LogP contribution in [0.2, 0.25) is 0 Å². The Hall–Kier alpha value is -0.650. The molecule has 5 heteroatoms. The van der Waals surface area contributed by atoms with Gasteiger partial charge in [0.05, 0.1) is 18.8 Å². The minimum Gasteiger partial charge on any atom is -0.394 e. The van der Waals surface area contributed by atoms with Crippen LogP contribution in [0, 0.1) is 0 Å². The van der Waals surface area contributed by atoms with Crippen LogP contribution in [-0.4, -0.2) is 48.6 Å². The van der Waals surface area contributed by atoms with Crippen LogP contribution in [0.15, 0.2) is 0 Å². The molecular formula is C8H17NO4. The van der Waals surface area contributed by atoms with E-state index in [-0.39, 0.29) is 25.7 Å². The molecule has 0 aromatic heterocycles. The van der Waals surface area contributed by atoms with Gasteiger partial charge in [0.1, 0.15) is 6.61 Å². The molecule has 0 saturated carbocycles. The van der Waals surface area contributed by atoms with Gasteiger partial charge in [-0.15, -0.1) is 0 Å². The maximum atomic E-state index is 11.1. The number of rotatable bonds is 6. The molecule has 0 bridgehead atoms. The highest BCUT2D eigenvalue weighted by Crippen LogP contribution is 2.07. The van der Waals surface area contributed by atoms with Gasteiger partial charge in [-0.3, -0.25) is 4.79 Å². The van der Waals surface area contributed by atoms with Gasteiger partial charge in [-0.05, 0) is 6.42 Å². The summed E-state index contributed by atoms with van der Waals surface area (Å²) in [5.74, 6) is -0.340. The molecule has 0 aliphatic rings. The molecule has 0 atom stereocenters. The van der Waals surface area contributed by atoms with E-state index in [1.807, 2.05) is 0 Å². The number of methoxy groups -OCH3 is 1. The van der Waals surface area contributed by atoms with E-state index in [4.69, 9.17) is 10.2 Å². The van der Waals surface area contributed by atoms with E-state index in [2.05, 4.69) is 10.1 Å². The summed E-state index contributed by atoms with van der Waals surface area (Å²) in [6.45, 7) is 1.15. The third-order valence-electron chi connectivity index (χ3n) is 1.96. The highest BCUT2D eigenvalue weighted by Gasteiger charge is 2.28. The first-order valence-electron chi connectivity index (χ1n) is 4.15. The quantitative estimate of drug-likeness (QED) is 0.497. The Morgan fingerprint density at radius 1 is 1.46 bits per heavy atom. The molecule has 0 aliphatic heterocycles. The molecule has 0 spiro atoms. The van der Waals surface area contributed by atoms with Crippen molar-refractivity contribution in [2.75, 3.05) is 26.9 Å². The molecular weight excluding hydrogens is 174 g/mol. The summed E-state index contributed by atoms with van der Waals surface area (Å²) < 4.78 is 4.61. The Balaban J connectivity index is 4.16. The van der Waals surface area contributed by atoms with Crippen LogP contribution in [0.4, 0.5) is 0 Å². The Labute approximate surface area is 77.7 Å². The summed E-state index contributed by atoms with van der Waals surface area (Å²) in [7, 11) is 1.41. The molecule has 0 aromatic carbocycles. The van der Waals surface area contributed by atoms with Gasteiger partial charge in [-0.25, -0.2) is 0 Å². The average molecular weight is 191 g/mol. The predicted octanol–water partition coefficient (Wildman–Crippen LogP) is -1.12. The van der Waals surface area contributed by atoms with Crippen molar-refractivity contribution in [1.82, 2.24) is 5.32 Å². The molecule has 0 saturated heterocycles. The number of carbonyl (C=O) groups excluding carboxylic acids is 1. The largest absolute Gasteiger partial charge is 0.394 e. The average Bonchev–Trinajstić information content (AvgIpc) is 2.15. The fourth-order valence-electron chi connectivity index (χ4n) is 0.904. The van der Waals surface area contributed by atoms with E-state index in [0.29, 0.717) is 6.42 Å². The molecule has 3 N–H and O–H groups in total. The first kappa shape index (κ1) is 12.3. The minimum absolute atomic E-state index is 0.0677. The van der Waals surface area contributed by atoms with Crippen molar-refractivity contribution in [3.63, 3.8) is 0 Å². The van der Waals surface area contributed by atoms with Gasteiger partial charge < -0.3 is 20.3 Å². The fraction of sp³-hybridized carbons (Fsp3) is 0.875. The van der Waals surface area contributed by atoms with E-state index in [1.54, 1.807) is 6.92 Å². The van der Waals surface area contributed by atoms with Crippen LogP contribution in [0.3, 0.4) is 0 Å². The van der Waals surface area contributed by atoms with Crippen LogP contribution < -0.4 is 5.32 Å². The third-order valence-corrected chi connectivity index (χ3v) is 1.96. The van der Waals surface area contributed by atoms with Crippen LogP contribution in [0.5, 0.6) is 0 Å². The molecule has 13 heavy (non-hydrogen) atoms. The van der Waals surface area contributed by atoms with Crippen LogP contribution >= 0.6 is 0 Å². The second-order valence-electron chi connectivity index (χ2n) is 2.93. The number of carbonyl (C=O) groups is 1. The first-order valence-corrected chi connectivity index (χ1v) is 4.15. The summed E-state index contributed by atoms with van der Waals surface area (Å²) >= 11 is 0. The zero-order valence-electron chi connectivity index (χ0n) is 8.04. The van der Waals surface area contributed by atoms with Crippen molar-refractivity contribution in [1.29, 1.82) is 0 Å². The van der Waals surface area contributed by atoms with E-state index in [1.165, 1.54) is 7.11 Å². The summed E-state index contributed by atoms with van der Waals surface area (Å²) in [6.07, 6.45) is 0.468. The molecule has 0 aliphatic carbocycles. The zero-order valence-corrected chi connectivity index (χ0v) is 8.04. The monoisotopic (exact) mass is 191 g/mol. The smallest absolute Gasteiger partial charge is 0.246 e. The lowest BCUT2D eigenvalue weighted by molar-refractivity contribution is -0.128. The summed E-state index contributed by atoms with van der Waals surface area (Å²) in [4.78, 5) is 11.1. The predicted molar refractivity (Wildman–Crippen MR) is 47.2 cm³/mol. The van der Waals surface area contributed by atoms with Crippen LogP contribution in [0.25, 0.3) is 0 Å². The molecule has 0 fully saturated rings. The number of aliphatic hydroxyl groups excluding tert-OH is 2. The number of aliphatic hydroxyl groups is 2. The molecule has 1 amide bonds. The number of nitrogens with one attached hydrogen (secondary N) is 1. The SMILES string of the molecule is CCC(CO)(CO)NC(=O)COC. The summed E-state index contributed by atoms with van der Waals surface area (Å²) in [5.41, 5.74) is -0.921. The number of hydrogen-bond donors (Lipinski definition) is 3. The lowest BCUT2D eigenvalue weighted by Crippen LogP contribution is -2.54. The van der Waals surface area contributed by atoms with Gasteiger partial charge >= 0.3 is 0 Å². The van der Waals surface area contributed by atoms with E-state index >= 15 is 0 Å². The molecule has 0 unspecified atom stereocenters. The maximum Gasteiger partial charge on any atom is 0.246 e. The Bertz CT molecular complexity index is 148. The molecule has 0 radical (unpaired) electrons. The topological polar surface area (TPSA) is 78.8 Å². The standard InChI is InChI=1S/C8H17NO4/c1-3-8(5-10,6-11)9-7(12)4-13-2/h10-11H,3-6H2,1-2H3,(H,9,12). The third kappa shape index (κ3) is 3.71. The van der Waals surface area contributed by atoms with Crippen molar-refractivity contribution in [2.24, 2.45) is 0 Å².